The molecular formula is C13H10Cl2N2OS. The van der Waals surface area contributed by atoms with E-state index in [0.29, 0.717) is 15.7 Å². The number of carbonyl (C=O) groups excluding carboxylic acids is 1. The maximum Gasteiger partial charge on any atom is 0.278 e. The fraction of sp³-hybridized carbons (Fsp3) is 0.231. The average molecular weight is 313 g/mol. The van der Waals surface area contributed by atoms with E-state index in [-0.39, 0.29) is 5.91 Å². The van der Waals surface area contributed by atoms with Crippen LogP contribution in [0.2, 0.25) is 10.0 Å². The molecule has 19 heavy (non-hydrogen) atoms. The van der Waals surface area contributed by atoms with Crippen molar-refractivity contribution in [2.75, 3.05) is 12.3 Å². The van der Waals surface area contributed by atoms with Crippen LogP contribution in [0.25, 0.3) is 6.08 Å². The number of aliphatic imine (C=N–C) groups is 1. The molecule has 2 aliphatic heterocycles. The minimum Gasteiger partial charge on any atom is -0.286 e. The number of fused-ring (bicyclic) bond motifs is 1. The maximum atomic E-state index is 12.2. The topological polar surface area (TPSA) is 32.7 Å². The smallest absolute Gasteiger partial charge is 0.278 e. The fourth-order valence-corrected chi connectivity index (χ4v) is 3.40. The van der Waals surface area contributed by atoms with Crippen LogP contribution in [0.4, 0.5) is 0 Å². The molecule has 1 amide bonds. The lowest BCUT2D eigenvalue weighted by Crippen LogP contribution is -2.34. The largest absolute Gasteiger partial charge is 0.286 e. The van der Waals surface area contributed by atoms with Crippen LogP contribution in [-0.2, 0) is 4.79 Å². The number of nitrogens with zero attached hydrogens (tertiary/aromatic N) is 2. The quantitative estimate of drug-likeness (QED) is 0.741. The summed E-state index contributed by atoms with van der Waals surface area (Å²) in [5.74, 6) is 0.964. The number of amides is 1. The molecular weight excluding hydrogens is 303 g/mol. The van der Waals surface area contributed by atoms with Gasteiger partial charge in [0, 0.05) is 22.3 Å². The molecule has 0 spiro atoms. The summed E-state index contributed by atoms with van der Waals surface area (Å²) in [6, 6.07) is 5.19. The normalized spacial score (nSPS) is 20.7. The monoisotopic (exact) mass is 312 g/mol. The first-order valence-corrected chi connectivity index (χ1v) is 7.59. The molecule has 0 bridgehead atoms. The Morgan fingerprint density at radius 3 is 2.95 bits per heavy atom. The Hall–Kier alpha value is -0.970. The molecule has 3 rings (SSSR count). The molecule has 0 radical (unpaired) electrons. The molecule has 0 atom stereocenters. The van der Waals surface area contributed by atoms with Crippen molar-refractivity contribution >= 4 is 52.1 Å². The molecule has 0 saturated carbocycles. The van der Waals surface area contributed by atoms with Crippen LogP contribution < -0.4 is 0 Å². The summed E-state index contributed by atoms with van der Waals surface area (Å²) in [5, 5.41) is 1.89. The second-order valence-corrected chi connectivity index (χ2v) is 6.15. The highest BCUT2D eigenvalue weighted by atomic mass is 35.5. The summed E-state index contributed by atoms with van der Waals surface area (Å²) in [7, 11) is 0. The molecule has 1 fully saturated rings. The van der Waals surface area contributed by atoms with Crippen LogP contribution in [0.5, 0.6) is 0 Å². The molecule has 0 unspecified atom stereocenters. The van der Waals surface area contributed by atoms with E-state index < -0.39 is 0 Å². The second-order valence-electron chi connectivity index (χ2n) is 4.25. The third-order valence-electron chi connectivity index (χ3n) is 2.92. The Labute approximate surface area is 125 Å². The summed E-state index contributed by atoms with van der Waals surface area (Å²) in [4.78, 5) is 18.3. The zero-order valence-corrected chi connectivity index (χ0v) is 12.2. The van der Waals surface area contributed by atoms with Gasteiger partial charge in [0.15, 0.2) is 5.17 Å². The summed E-state index contributed by atoms with van der Waals surface area (Å²) < 4.78 is 0. The van der Waals surface area contributed by atoms with Gasteiger partial charge < -0.3 is 0 Å². The van der Waals surface area contributed by atoms with Crippen LogP contribution in [0, 0.1) is 0 Å². The molecule has 3 nitrogen and oxygen atoms in total. The van der Waals surface area contributed by atoms with Gasteiger partial charge in [-0.05, 0) is 30.2 Å². The minimum absolute atomic E-state index is 0.0479. The van der Waals surface area contributed by atoms with Crippen molar-refractivity contribution in [2.24, 2.45) is 4.99 Å². The van der Waals surface area contributed by atoms with Crippen molar-refractivity contribution in [1.29, 1.82) is 0 Å². The summed E-state index contributed by atoms with van der Waals surface area (Å²) in [6.07, 6.45) is 2.72. The third kappa shape index (κ3) is 2.53. The minimum atomic E-state index is -0.0479. The van der Waals surface area contributed by atoms with Gasteiger partial charge in [-0.25, -0.2) is 4.99 Å². The highest BCUT2D eigenvalue weighted by Crippen LogP contribution is 2.29. The van der Waals surface area contributed by atoms with Gasteiger partial charge in [0.1, 0.15) is 5.70 Å². The van der Waals surface area contributed by atoms with Crippen molar-refractivity contribution in [2.45, 2.75) is 6.42 Å². The summed E-state index contributed by atoms with van der Waals surface area (Å²) in [5.41, 5.74) is 1.19. The van der Waals surface area contributed by atoms with E-state index in [1.165, 1.54) is 0 Å². The van der Waals surface area contributed by atoms with Crippen LogP contribution in [0.1, 0.15) is 12.0 Å². The number of halogens is 2. The van der Waals surface area contributed by atoms with Crippen molar-refractivity contribution < 1.29 is 4.79 Å². The van der Waals surface area contributed by atoms with E-state index in [9.17, 15) is 4.79 Å². The third-order valence-corrected chi connectivity index (χ3v) is 4.55. The van der Waals surface area contributed by atoms with Crippen LogP contribution in [0.15, 0.2) is 28.9 Å². The maximum absolute atomic E-state index is 12.2. The first-order valence-electron chi connectivity index (χ1n) is 5.85. The van der Waals surface area contributed by atoms with Crippen molar-refractivity contribution in [3.05, 3.63) is 39.5 Å². The molecule has 6 heteroatoms. The van der Waals surface area contributed by atoms with E-state index in [1.54, 1.807) is 40.9 Å². The van der Waals surface area contributed by atoms with Gasteiger partial charge in [-0.3, -0.25) is 9.69 Å². The highest BCUT2D eigenvalue weighted by molar-refractivity contribution is 8.13. The Bertz CT molecular complexity index is 613. The Morgan fingerprint density at radius 1 is 1.37 bits per heavy atom. The number of benzene rings is 1. The molecule has 0 aromatic heterocycles. The van der Waals surface area contributed by atoms with Crippen LogP contribution in [0.3, 0.4) is 0 Å². The van der Waals surface area contributed by atoms with E-state index >= 15 is 0 Å². The average Bonchev–Trinajstić information content (AvgIpc) is 2.70. The fourth-order valence-electron chi connectivity index (χ4n) is 1.99. The standard InChI is InChI=1S/C13H10Cl2N2OS/c14-9-3-2-8(10(15)7-9)6-11-12(18)17-4-1-5-19-13(17)16-11/h2-3,6-7H,1,4-5H2/b11-6-. The SMILES string of the molecule is O=C1/C(=C/c2ccc(Cl)cc2Cl)N=C2SCCCN12. The van der Waals surface area contributed by atoms with Crippen molar-refractivity contribution in [3.63, 3.8) is 0 Å². The van der Waals surface area contributed by atoms with Gasteiger partial charge in [-0.2, -0.15) is 0 Å². The van der Waals surface area contributed by atoms with Gasteiger partial charge in [-0.1, -0.05) is 41.0 Å². The number of carbonyl (C=O) groups is 1. The summed E-state index contributed by atoms with van der Waals surface area (Å²) >= 11 is 13.6. The molecule has 2 heterocycles. The molecule has 1 saturated heterocycles. The highest BCUT2D eigenvalue weighted by Gasteiger charge is 2.32. The molecule has 0 N–H and O–H groups in total. The molecule has 1 aromatic rings. The van der Waals surface area contributed by atoms with E-state index in [0.717, 1.165) is 29.4 Å². The lowest BCUT2D eigenvalue weighted by Gasteiger charge is -2.21. The zero-order valence-electron chi connectivity index (χ0n) is 9.90. The lowest BCUT2D eigenvalue weighted by molar-refractivity contribution is -0.122. The molecule has 2 aliphatic rings. The number of hydrogen-bond donors (Lipinski definition) is 0. The lowest BCUT2D eigenvalue weighted by atomic mass is 10.2. The van der Waals surface area contributed by atoms with Gasteiger partial charge in [-0.15, -0.1) is 0 Å². The zero-order chi connectivity index (χ0) is 13.4. The molecule has 1 aromatic carbocycles. The van der Waals surface area contributed by atoms with Gasteiger partial charge in [0.05, 0.1) is 0 Å². The van der Waals surface area contributed by atoms with E-state index in [2.05, 4.69) is 4.99 Å². The Balaban J connectivity index is 1.96. The van der Waals surface area contributed by atoms with Crippen molar-refractivity contribution in [1.82, 2.24) is 4.90 Å². The second kappa shape index (κ2) is 5.19. The van der Waals surface area contributed by atoms with E-state index in [4.69, 9.17) is 23.2 Å². The van der Waals surface area contributed by atoms with Gasteiger partial charge in [0.25, 0.3) is 5.91 Å². The van der Waals surface area contributed by atoms with E-state index in [1.807, 2.05) is 0 Å². The molecule has 98 valence electrons. The molecule has 0 aliphatic carbocycles. The first-order chi connectivity index (χ1) is 9.15. The summed E-state index contributed by atoms with van der Waals surface area (Å²) in [6.45, 7) is 0.746. The van der Waals surface area contributed by atoms with Crippen LogP contribution in [-0.4, -0.2) is 28.3 Å². The predicted octanol–water partition coefficient (Wildman–Crippen LogP) is 3.67. The van der Waals surface area contributed by atoms with Gasteiger partial charge in [0.2, 0.25) is 0 Å². The first kappa shape index (κ1) is 13.0. The Kier molecular flexibility index (Phi) is 3.56. The van der Waals surface area contributed by atoms with Crippen LogP contribution >= 0.6 is 35.0 Å². The van der Waals surface area contributed by atoms with Crippen molar-refractivity contribution in [3.8, 4) is 0 Å². The van der Waals surface area contributed by atoms with Gasteiger partial charge >= 0.3 is 0 Å². The number of rotatable bonds is 1. The Morgan fingerprint density at radius 2 is 2.21 bits per heavy atom. The number of hydrogen-bond acceptors (Lipinski definition) is 3. The number of amidine groups is 1. The number of thioether (sulfide) groups is 1. The predicted molar refractivity (Wildman–Crippen MR) is 80.7 cm³/mol.